The molecule has 3 N–H and O–H groups in total. The lowest BCUT2D eigenvalue weighted by atomic mass is 10.1. The Morgan fingerprint density at radius 2 is 1.81 bits per heavy atom. The summed E-state index contributed by atoms with van der Waals surface area (Å²) >= 11 is 0.941. The first-order chi connectivity index (χ1) is 12.9. The third kappa shape index (κ3) is 3.91. The molecule has 2 aromatic carbocycles. The molecule has 0 saturated carbocycles. The molecule has 0 bridgehead atoms. The van der Waals surface area contributed by atoms with E-state index in [9.17, 15) is 14.0 Å². The number of amides is 2. The van der Waals surface area contributed by atoms with Gasteiger partial charge >= 0.3 is 0 Å². The van der Waals surface area contributed by atoms with Gasteiger partial charge in [-0.1, -0.05) is 12.1 Å². The minimum atomic E-state index is -0.688. The smallest absolute Gasteiger partial charge is 0.284 e. The number of thiophene rings is 1. The fourth-order valence-corrected chi connectivity index (χ4v) is 3.61. The number of benzene rings is 2. The highest BCUT2D eigenvalue weighted by Crippen LogP contribution is 2.30. The summed E-state index contributed by atoms with van der Waals surface area (Å²) in [5.74, 6) is -1.48. The van der Waals surface area contributed by atoms with Gasteiger partial charge in [-0.2, -0.15) is 0 Å². The van der Waals surface area contributed by atoms with Crippen LogP contribution in [0.3, 0.4) is 0 Å². The molecule has 0 unspecified atom stereocenters. The number of rotatable bonds is 5. The van der Waals surface area contributed by atoms with Crippen LogP contribution in [-0.4, -0.2) is 31.1 Å². The molecular formula is C19H18FN3O3S. The van der Waals surface area contributed by atoms with Crippen LogP contribution < -0.4 is 15.7 Å². The van der Waals surface area contributed by atoms with Crippen LogP contribution in [0.15, 0.2) is 42.5 Å². The average Bonchev–Trinajstić information content (AvgIpc) is 3.12. The molecule has 0 spiro atoms. The number of halogens is 1. The molecule has 0 fully saturated rings. The molecule has 0 aliphatic rings. The molecule has 8 heteroatoms. The van der Waals surface area contributed by atoms with E-state index in [-0.39, 0.29) is 17.3 Å². The zero-order valence-corrected chi connectivity index (χ0v) is 15.6. The Balaban J connectivity index is 1.75. The van der Waals surface area contributed by atoms with Gasteiger partial charge in [-0.25, -0.2) is 9.87 Å². The predicted molar refractivity (Wildman–Crippen MR) is 103 cm³/mol. The summed E-state index contributed by atoms with van der Waals surface area (Å²) in [7, 11) is 3.82. The highest BCUT2D eigenvalue weighted by Gasteiger charge is 2.15. The number of carbonyl (C=O) groups excluding carboxylic acids is 2. The normalized spacial score (nSPS) is 10.7. The minimum absolute atomic E-state index is 0.0233. The van der Waals surface area contributed by atoms with E-state index >= 15 is 0 Å². The number of hydrogen-bond donors (Lipinski definition) is 3. The zero-order valence-electron chi connectivity index (χ0n) is 14.7. The Morgan fingerprint density at radius 1 is 1.11 bits per heavy atom. The molecular weight excluding hydrogens is 369 g/mol. The van der Waals surface area contributed by atoms with Crippen LogP contribution in [0.2, 0.25) is 0 Å². The maximum absolute atomic E-state index is 14.7. The lowest BCUT2D eigenvalue weighted by Gasteiger charge is -2.12. The van der Waals surface area contributed by atoms with Gasteiger partial charge in [-0.05, 0) is 35.7 Å². The average molecular weight is 387 g/mol. The van der Waals surface area contributed by atoms with Crippen molar-refractivity contribution in [2.75, 3.05) is 19.0 Å². The molecule has 3 aromatic rings. The maximum Gasteiger partial charge on any atom is 0.284 e. The van der Waals surface area contributed by atoms with Gasteiger partial charge in [0.05, 0.1) is 9.58 Å². The molecule has 0 radical (unpaired) electrons. The van der Waals surface area contributed by atoms with Gasteiger partial charge in [0.1, 0.15) is 5.82 Å². The summed E-state index contributed by atoms with van der Waals surface area (Å²) in [6, 6.07) is 11.8. The van der Waals surface area contributed by atoms with E-state index < -0.39 is 11.7 Å². The Kier molecular flexibility index (Phi) is 5.38. The van der Waals surface area contributed by atoms with E-state index in [1.54, 1.807) is 24.3 Å². The van der Waals surface area contributed by atoms with Crippen molar-refractivity contribution in [3.05, 3.63) is 64.3 Å². The van der Waals surface area contributed by atoms with Crippen molar-refractivity contribution < 1.29 is 19.2 Å². The molecule has 0 saturated heterocycles. The van der Waals surface area contributed by atoms with Crippen LogP contribution in [-0.2, 0) is 6.54 Å². The molecule has 27 heavy (non-hydrogen) atoms. The summed E-state index contributed by atoms with van der Waals surface area (Å²) in [4.78, 5) is 25.9. The number of fused-ring (bicyclic) bond motifs is 1. The first-order valence-electron chi connectivity index (χ1n) is 8.11. The molecule has 0 aliphatic heterocycles. The van der Waals surface area contributed by atoms with Crippen molar-refractivity contribution in [2.24, 2.45) is 0 Å². The van der Waals surface area contributed by atoms with Crippen molar-refractivity contribution in [3.63, 3.8) is 0 Å². The van der Waals surface area contributed by atoms with E-state index in [0.29, 0.717) is 21.2 Å². The largest absolute Gasteiger partial charge is 0.378 e. The van der Waals surface area contributed by atoms with Gasteiger partial charge < -0.3 is 10.2 Å². The second-order valence-electron chi connectivity index (χ2n) is 6.13. The topological polar surface area (TPSA) is 81.7 Å². The standard InChI is InChI=1S/C19H18FN3O3S/c1-23(2)14-7-5-11(6-8-14)18(24)21-10-13-4-3-12-9-15(19(25)22-26)27-17(12)16(13)20/h3-9,26H,10H2,1-2H3,(H,21,24)(H,22,25). The fourth-order valence-electron chi connectivity index (χ4n) is 2.60. The summed E-state index contributed by atoms with van der Waals surface area (Å²) in [6.45, 7) is 0.0233. The predicted octanol–water partition coefficient (Wildman–Crippen LogP) is 3.16. The number of nitrogens with zero attached hydrogens (tertiary/aromatic N) is 1. The number of carbonyl (C=O) groups is 2. The SMILES string of the molecule is CN(C)c1ccc(C(=O)NCc2ccc3cc(C(=O)NO)sc3c2F)cc1. The lowest BCUT2D eigenvalue weighted by molar-refractivity contribution is 0.0711. The van der Waals surface area contributed by atoms with Gasteiger partial charge in [-0.3, -0.25) is 14.8 Å². The van der Waals surface area contributed by atoms with Crippen molar-refractivity contribution >= 4 is 38.9 Å². The van der Waals surface area contributed by atoms with Crippen molar-refractivity contribution in [2.45, 2.75) is 6.54 Å². The van der Waals surface area contributed by atoms with Gasteiger partial charge in [0.2, 0.25) is 0 Å². The van der Waals surface area contributed by atoms with Crippen LogP contribution in [0, 0.1) is 5.82 Å². The quantitative estimate of drug-likeness (QED) is 0.464. The minimum Gasteiger partial charge on any atom is -0.378 e. The van der Waals surface area contributed by atoms with Crippen LogP contribution in [0.4, 0.5) is 10.1 Å². The Morgan fingerprint density at radius 3 is 2.44 bits per heavy atom. The maximum atomic E-state index is 14.7. The Bertz CT molecular complexity index is 999. The van der Waals surface area contributed by atoms with Gasteiger partial charge in [-0.15, -0.1) is 11.3 Å². The van der Waals surface area contributed by atoms with E-state index in [1.165, 1.54) is 11.5 Å². The summed E-state index contributed by atoms with van der Waals surface area (Å²) < 4.78 is 15.0. The Hall–Kier alpha value is -2.97. The van der Waals surface area contributed by atoms with E-state index in [0.717, 1.165) is 17.0 Å². The lowest BCUT2D eigenvalue weighted by Crippen LogP contribution is -2.23. The third-order valence-corrected chi connectivity index (χ3v) is 5.26. The number of anilines is 1. The van der Waals surface area contributed by atoms with E-state index in [2.05, 4.69) is 5.32 Å². The molecule has 0 atom stereocenters. The molecule has 2 amide bonds. The van der Waals surface area contributed by atoms with Crippen molar-refractivity contribution in [3.8, 4) is 0 Å². The monoisotopic (exact) mass is 387 g/mol. The third-order valence-electron chi connectivity index (χ3n) is 4.12. The van der Waals surface area contributed by atoms with E-state index in [1.807, 2.05) is 31.1 Å². The summed E-state index contributed by atoms with van der Waals surface area (Å²) in [5.41, 5.74) is 3.31. The van der Waals surface area contributed by atoms with Crippen LogP contribution in [0.1, 0.15) is 25.6 Å². The van der Waals surface area contributed by atoms with Gasteiger partial charge in [0.25, 0.3) is 11.8 Å². The Labute approximate surface area is 159 Å². The number of hydrogen-bond acceptors (Lipinski definition) is 5. The van der Waals surface area contributed by atoms with Crippen LogP contribution >= 0.6 is 11.3 Å². The van der Waals surface area contributed by atoms with Gasteiger partial charge in [0, 0.05) is 37.5 Å². The van der Waals surface area contributed by atoms with Gasteiger partial charge in [0.15, 0.2) is 0 Å². The second-order valence-corrected chi connectivity index (χ2v) is 7.18. The van der Waals surface area contributed by atoms with Crippen LogP contribution in [0.25, 0.3) is 10.1 Å². The van der Waals surface area contributed by atoms with Crippen molar-refractivity contribution in [1.82, 2.24) is 10.8 Å². The fraction of sp³-hybridized carbons (Fsp3) is 0.158. The molecule has 1 aromatic heterocycles. The summed E-state index contributed by atoms with van der Waals surface area (Å²) in [5, 5.41) is 12.0. The number of nitrogens with one attached hydrogen (secondary N) is 2. The highest BCUT2D eigenvalue weighted by molar-refractivity contribution is 7.20. The molecule has 140 valence electrons. The molecule has 0 aliphatic carbocycles. The highest BCUT2D eigenvalue weighted by atomic mass is 32.1. The van der Waals surface area contributed by atoms with E-state index in [4.69, 9.17) is 5.21 Å². The molecule has 6 nitrogen and oxygen atoms in total. The second kappa shape index (κ2) is 7.73. The first-order valence-corrected chi connectivity index (χ1v) is 8.93. The summed E-state index contributed by atoms with van der Waals surface area (Å²) in [6.07, 6.45) is 0. The first kappa shape index (κ1) is 18.8. The van der Waals surface area contributed by atoms with Crippen LogP contribution in [0.5, 0.6) is 0 Å². The van der Waals surface area contributed by atoms with Crippen molar-refractivity contribution in [1.29, 1.82) is 0 Å². The molecule has 3 rings (SSSR count). The number of hydroxylamine groups is 1. The zero-order chi connectivity index (χ0) is 19.6. The molecule has 1 heterocycles.